The van der Waals surface area contributed by atoms with Crippen molar-refractivity contribution in [3.05, 3.63) is 34.9 Å². The average Bonchev–Trinajstić information content (AvgIpc) is 2.94. The van der Waals surface area contributed by atoms with Crippen LogP contribution in [0.4, 0.5) is 0 Å². The first kappa shape index (κ1) is 16.2. The SMILES string of the molecule is Cc1ccc(C)c(C(=O)CN(CC(C)C)C2CCCC2)c1. The number of carbonyl (C=O) groups excluding carboxylic acids is 1. The number of rotatable bonds is 6. The van der Waals surface area contributed by atoms with Gasteiger partial charge in [0.1, 0.15) is 0 Å². The Morgan fingerprint density at radius 2 is 1.90 bits per heavy atom. The van der Waals surface area contributed by atoms with Crippen molar-refractivity contribution in [3.63, 3.8) is 0 Å². The molecule has 0 bridgehead atoms. The van der Waals surface area contributed by atoms with Crippen LogP contribution in [0.3, 0.4) is 0 Å². The highest BCUT2D eigenvalue weighted by atomic mass is 16.1. The monoisotopic (exact) mass is 287 g/mol. The topological polar surface area (TPSA) is 20.3 Å². The third-order valence-electron chi connectivity index (χ3n) is 4.48. The van der Waals surface area contributed by atoms with Crippen LogP contribution >= 0.6 is 0 Å². The molecule has 0 atom stereocenters. The zero-order valence-electron chi connectivity index (χ0n) is 14.0. The molecule has 0 heterocycles. The second kappa shape index (κ2) is 7.22. The van der Waals surface area contributed by atoms with Crippen molar-refractivity contribution in [1.82, 2.24) is 4.90 Å². The average molecular weight is 287 g/mol. The van der Waals surface area contributed by atoms with Crippen LogP contribution in [-0.2, 0) is 0 Å². The number of hydrogen-bond donors (Lipinski definition) is 0. The van der Waals surface area contributed by atoms with Crippen molar-refractivity contribution < 1.29 is 4.79 Å². The van der Waals surface area contributed by atoms with Gasteiger partial charge in [0.25, 0.3) is 0 Å². The number of hydrogen-bond acceptors (Lipinski definition) is 2. The lowest BCUT2D eigenvalue weighted by molar-refractivity contribution is 0.0876. The Bertz CT molecular complexity index is 486. The Balaban J connectivity index is 2.11. The fraction of sp³-hybridized carbons (Fsp3) is 0.632. The molecule has 116 valence electrons. The van der Waals surface area contributed by atoms with Crippen LogP contribution in [0.2, 0.25) is 0 Å². The van der Waals surface area contributed by atoms with E-state index in [1.54, 1.807) is 0 Å². The van der Waals surface area contributed by atoms with E-state index < -0.39 is 0 Å². The molecule has 0 aliphatic heterocycles. The van der Waals surface area contributed by atoms with Crippen LogP contribution in [0.1, 0.15) is 61.0 Å². The van der Waals surface area contributed by atoms with Crippen molar-refractivity contribution in [1.29, 1.82) is 0 Å². The molecule has 1 aromatic carbocycles. The summed E-state index contributed by atoms with van der Waals surface area (Å²) in [7, 11) is 0. The first-order chi connectivity index (χ1) is 9.97. The summed E-state index contributed by atoms with van der Waals surface area (Å²) in [5.41, 5.74) is 3.17. The number of nitrogens with zero attached hydrogens (tertiary/aromatic N) is 1. The second-order valence-corrected chi connectivity index (χ2v) is 7.00. The van der Waals surface area contributed by atoms with Gasteiger partial charge in [-0.2, -0.15) is 0 Å². The minimum Gasteiger partial charge on any atom is -0.293 e. The maximum Gasteiger partial charge on any atom is 0.177 e. The number of aryl methyl sites for hydroxylation is 2. The fourth-order valence-corrected chi connectivity index (χ4v) is 3.39. The van der Waals surface area contributed by atoms with Crippen molar-refractivity contribution in [2.24, 2.45) is 5.92 Å². The van der Waals surface area contributed by atoms with Gasteiger partial charge in [0.05, 0.1) is 6.54 Å². The van der Waals surface area contributed by atoms with Crippen LogP contribution in [0.15, 0.2) is 18.2 Å². The quantitative estimate of drug-likeness (QED) is 0.723. The zero-order valence-corrected chi connectivity index (χ0v) is 14.0. The van der Waals surface area contributed by atoms with E-state index in [0.29, 0.717) is 18.5 Å². The lowest BCUT2D eigenvalue weighted by Gasteiger charge is -2.30. The van der Waals surface area contributed by atoms with E-state index in [9.17, 15) is 4.79 Å². The summed E-state index contributed by atoms with van der Waals surface area (Å²) in [6.07, 6.45) is 5.15. The Morgan fingerprint density at radius 3 is 2.52 bits per heavy atom. The standard InChI is InChI=1S/C19H29NO/c1-14(2)12-20(17-7-5-6-8-17)13-19(21)18-11-15(3)9-10-16(18)4/h9-11,14,17H,5-8,12-13H2,1-4H3. The van der Waals surface area contributed by atoms with E-state index in [2.05, 4.69) is 37.8 Å². The lowest BCUT2D eigenvalue weighted by Crippen LogP contribution is -2.40. The Hall–Kier alpha value is -1.15. The molecule has 0 N–H and O–H groups in total. The summed E-state index contributed by atoms with van der Waals surface area (Å²) < 4.78 is 0. The van der Waals surface area contributed by atoms with Crippen LogP contribution in [-0.4, -0.2) is 29.8 Å². The molecule has 0 unspecified atom stereocenters. The molecular formula is C19H29NO. The molecule has 1 fully saturated rings. The highest BCUT2D eigenvalue weighted by Crippen LogP contribution is 2.25. The molecule has 0 amide bonds. The highest BCUT2D eigenvalue weighted by Gasteiger charge is 2.25. The molecule has 0 saturated heterocycles. The van der Waals surface area contributed by atoms with Crippen molar-refractivity contribution in [3.8, 4) is 0 Å². The maximum atomic E-state index is 12.7. The minimum atomic E-state index is 0.281. The first-order valence-corrected chi connectivity index (χ1v) is 8.32. The number of carbonyl (C=O) groups is 1. The molecular weight excluding hydrogens is 258 g/mol. The number of Topliss-reactive ketones (excluding diaryl/α,β-unsaturated/α-hetero) is 1. The van der Waals surface area contributed by atoms with E-state index in [0.717, 1.165) is 17.7 Å². The van der Waals surface area contributed by atoms with Gasteiger partial charge in [-0.3, -0.25) is 9.69 Å². The molecule has 1 aromatic rings. The first-order valence-electron chi connectivity index (χ1n) is 8.32. The molecule has 2 rings (SSSR count). The highest BCUT2D eigenvalue weighted by molar-refractivity contribution is 5.99. The van der Waals surface area contributed by atoms with E-state index in [1.165, 1.54) is 31.2 Å². The van der Waals surface area contributed by atoms with Crippen molar-refractivity contribution in [2.45, 2.75) is 59.4 Å². The summed E-state index contributed by atoms with van der Waals surface area (Å²) in [5, 5.41) is 0. The second-order valence-electron chi connectivity index (χ2n) is 7.00. The van der Waals surface area contributed by atoms with E-state index >= 15 is 0 Å². The van der Waals surface area contributed by atoms with Gasteiger partial charge in [0, 0.05) is 18.2 Å². The fourth-order valence-electron chi connectivity index (χ4n) is 3.39. The minimum absolute atomic E-state index is 0.281. The summed E-state index contributed by atoms with van der Waals surface area (Å²) in [6, 6.07) is 6.79. The molecule has 1 aliphatic carbocycles. The third-order valence-corrected chi connectivity index (χ3v) is 4.48. The van der Waals surface area contributed by atoms with Gasteiger partial charge in [-0.25, -0.2) is 0 Å². The van der Waals surface area contributed by atoms with Crippen LogP contribution in [0, 0.1) is 19.8 Å². The van der Waals surface area contributed by atoms with Gasteiger partial charge < -0.3 is 0 Å². The third kappa shape index (κ3) is 4.41. The van der Waals surface area contributed by atoms with E-state index in [1.807, 2.05) is 13.0 Å². The Kier molecular flexibility index (Phi) is 5.58. The lowest BCUT2D eigenvalue weighted by atomic mass is 10.0. The molecule has 0 spiro atoms. The van der Waals surface area contributed by atoms with Crippen molar-refractivity contribution >= 4 is 5.78 Å². The zero-order chi connectivity index (χ0) is 15.4. The molecule has 2 nitrogen and oxygen atoms in total. The maximum absolute atomic E-state index is 12.7. The molecule has 21 heavy (non-hydrogen) atoms. The normalized spacial score (nSPS) is 16.1. The number of ketones is 1. The van der Waals surface area contributed by atoms with Gasteiger partial charge in [-0.1, -0.05) is 44.4 Å². The molecule has 1 saturated carbocycles. The van der Waals surface area contributed by atoms with Gasteiger partial charge >= 0.3 is 0 Å². The molecule has 0 aromatic heterocycles. The van der Waals surface area contributed by atoms with Gasteiger partial charge in [-0.15, -0.1) is 0 Å². The van der Waals surface area contributed by atoms with E-state index in [-0.39, 0.29) is 5.78 Å². The Labute approximate surface area is 129 Å². The molecule has 2 heteroatoms. The molecule has 1 aliphatic rings. The van der Waals surface area contributed by atoms with Gasteiger partial charge in [0.15, 0.2) is 5.78 Å². The predicted octanol–water partition coefficient (Wildman–Crippen LogP) is 4.39. The van der Waals surface area contributed by atoms with Crippen LogP contribution in [0.5, 0.6) is 0 Å². The van der Waals surface area contributed by atoms with Crippen LogP contribution in [0.25, 0.3) is 0 Å². The smallest absolute Gasteiger partial charge is 0.177 e. The van der Waals surface area contributed by atoms with Crippen molar-refractivity contribution in [2.75, 3.05) is 13.1 Å². The van der Waals surface area contributed by atoms with Gasteiger partial charge in [-0.05, 0) is 44.2 Å². The summed E-state index contributed by atoms with van der Waals surface area (Å²) in [4.78, 5) is 15.2. The largest absolute Gasteiger partial charge is 0.293 e. The van der Waals surface area contributed by atoms with E-state index in [4.69, 9.17) is 0 Å². The molecule has 0 radical (unpaired) electrons. The summed E-state index contributed by atoms with van der Waals surface area (Å²) >= 11 is 0. The Morgan fingerprint density at radius 1 is 1.24 bits per heavy atom. The predicted molar refractivity (Wildman–Crippen MR) is 88.9 cm³/mol. The number of benzene rings is 1. The van der Waals surface area contributed by atoms with Gasteiger partial charge in [0.2, 0.25) is 0 Å². The van der Waals surface area contributed by atoms with Crippen LogP contribution < -0.4 is 0 Å². The summed E-state index contributed by atoms with van der Waals surface area (Å²) in [5.74, 6) is 0.890. The summed E-state index contributed by atoms with van der Waals surface area (Å²) in [6.45, 7) is 10.2.